The average Bonchev–Trinajstić information content (AvgIpc) is 3.52. The largest absolute Gasteiger partial charge is 0.519 e. The number of imidazole rings is 1. The monoisotopic (exact) mass is 569 g/mol. The number of rotatable bonds is 12. The molecule has 5 rings (SSSR count). The number of nitrogens with two attached hydrogens (primary N) is 1. The van der Waals surface area contributed by atoms with Crippen molar-refractivity contribution in [1.82, 2.24) is 19.5 Å². The maximum atomic E-state index is 13.4. The SMILES string of the molecule is Cc1ccc(COP(COCCn2cnc3c(=O)[nH]c(N)nc32)OCc2oc(=O)oc2-c2ccc(F)cc2)cc1. The van der Waals surface area contributed by atoms with Gasteiger partial charge >= 0.3 is 5.82 Å². The molecule has 3 aromatic heterocycles. The molecule has 0 saturated carbocycles. The number of nitrogens with zero attached hydrogens (tertiary/aromatic N) is 3. The van der Waals surface area contributed by atoms with E-state index in [0.717, 1.165) is 11.1 Å². The van der Waals surface area contributed by atoms with Gasteiger partial charge in [0.05, 0.1) is 19.5 Å². The standard InChI is InChI=1S/C26H25FN5O7P/c1-16-2-4-17(5-3-16)12-36-40(15-35-11-10-32-14-29-21-23(32)30-25(28)31-24(21)33)37-13-20-22(39-26(34)38-20)18-6-8-19(27)9-7-18/h2-9,14H,10-13,15H2,1H3,(H3,28,30,31,33). The number of halogens is 1. The first kappa shape index (κ1) is 27.4. The lowest BCUT2D eigenvalue weighted by Crippen LogP contribution is -2.13. The number of hydrogen-bond donors (Lipinski definition) is 2. The minimum atomic E-state index is -1.61. The number of aryl methyl sites for hydroxylation is 1. The highest BCUT2D eigenvalue weighted by Gasteiger charge is 2.20. The normalized spacial score (nSPS) is 12.2. The molecule has 3 N–H and O–H groups in total. The lowest BCUT2D eigenvalue weighted by atomic mass is 10.1. The number of anilines is 1. The first-order valence-corrected chi connectivity index (χ1v) is 13.5. The zero-order chi connectivity index (χ0) is 28.1. The number of fused-ring (bicyclic) bond motifs is 1. The van der Waals surface area contributed by atoms with Crippen LogP contribution in [0.15, 0.2) is 73.3 Å². The molecular weight excluding hydrogens is 544 g/mol. The van der Waals surface area contributed by atoms with Crippen molar-refractivity contribution in [3.8, 4) is 11.3 Å². The summed E-state index contributed by atoms with van der Waals surface area (Å²) in [4.78, 5) is 34.5. The molecule has 0 radical (unpaired) electrons. The lowest BCUT2D eigenvalue weighted by Gasteiger charge is -2.17. The van der Waals surface area contributed by atoms with Gasteiger partial charge in [0.15, 0.2) is 31.1 Å². The van der Waals surface area contributed by atoms with E-state index < -0.39 is 25.6 Å². The second kappa shape index (κ2) is 12.3. The third kappa shape index (κ3) is 6.69. The highest BCUT2D eigenvalue weighted by molar-refractivity contribution is 7.46. The molecule has 12 nitrogen and oxygen atoms in total. The fourth-order valence-electron chi connectivity index (χ4n) is 3.73. The van der Waals surface area contributed by atoms with Gasteiger partial charge in [0.2, 0.25) is 5.95 Å². The van der Waals surface area contributed by atoms with E-state index in [1.807, 2.05) is 31.2 Å². The Morgan fingerprint density at radius 2 is 1.80 bits per heavy atom. The van der Waals surface area contributed by atoms with Crippen molar-refractivity contribution in [1.29, 1.82) is 0 Å². The predicted molar refractivity (Wildman–Crippen MR) is 144 cm³/mol. The maximum absolute atomic E-state index is 13.4. The summed E-state index contributed by atoms with van der Waals surface area (Å²) >= 11 is 0. The summed E-state index contributed by atoms with van der Waals surface area (Å²) < 4.78 is 43.2. The molecule has 5 aromatic rings. The summed E-state index contributed by atoms with van der Waals surface area (Å²) in [6.07, 6.45) is 1.58. The fraction of sp³-hybridized carbons (Fsp3) is 0.231. The van der Waals surface area contributed by atoms with Crippen LogP contribution in [-0.4, -0.2) is 32.5 Å². The third-order valence-corrected chi connectivity index (χ3v) is 6.98. The van der Waals surface area contributed by atoms with Crippen molar-refractivity contribution in [2.75, 3.05) is 18.7 Å². The molecule has 40 heavy (non-hydrogen) atoms. The van der Waals surface area contributed by atoms with Gasteiger partial charge in [-0.05, 0) is 36.8 Å². The summed E-state index contributed by atoms with van der Waals surface area (Å²) in [7, 11) is -1.61. The first-order chi connectivity index (χ1) is 19.4. The molecule has 0 aliphatic carbocycles. The smallest absolute Gasteiger partial charge is 0.393 e. The van der Waals surface area contributed by atoms with E-state index in [0.29, 0.717) is 17.8 Å². The van der Waals surface area contributed by atoms with Crippen LogP contribution in [0.3, 0.4) is 0 Å². The zero-order valence-corrected chi connectivity index (χ0v) is 22.2. The van der Waals surface area contributed by atoms with E-state index >= 15 is 0 Å². The molecule has 0 bridgehead atoms. The molecular formula is C26H25FN5O7P. The Morgan fingerprint density at radius 3 is 2.58 bits per heavy atom. The predicted octanol–water partition coefficient (Wildman–Crippen LogP) is 4.08. The minimum Gasteiger partial charge on any atom is -0.393 e. The van der Waals surface area contributed by atoms with Crippen molar-refractivity contribution in [3.05, 3.63) is 98.5 Å². The van der Waals surface area contributed by atoms with Crippen molar-refractivity contribution in [2.45, 2.75) is 26.7 Å². The van der Waals surface area contributed by atoms with Gasteiger partial charge in [-0.3, -0.25) is 9.78 Å². The van der Waals surface area contributed by atoms with Crippen LogP contribution in [0.4, 0.5) is 10.3 Å². The Kier molecular flexibility index (Phi) is 8.46. The second-order valence-electron chi connectivity index (χ2n) is 8.68. The summed E-state index contributed by atoms with van der Waals surface area (Å²) in [5, 5.41) is 0. The van der Waals surface area contributed by atoms with Gasteiger partial charge < -0.3 is 32.9 Å². The number of hydrogen-bond acceptors (Lipinski definition) is 10. The van der Waals surface area contributed by atoms with Crippen LogP contribution in [0.1, 0.15) is 16.9 Å². The molecule has 208 valence electrons. The number of ether oxygens (including phenoxy) is 1. The molecule has 14 heteroatoms. The Labute approximate surface area is 227 Å². The van der Waals surface area contributed by atoms with Crippen LogP contribution >= 0.6 is 8.38 Å². The van der Waals surface area contributed by atoms with E-state index in [1.165, 1.54) is 30.6 Å². The quantitative estimate of drug-likeness (QED) is 0.165. The number of aromatic nitrogens is 4. The minimum absolute atomic E-state index is 0.00695. The summed E-state index contributed by atoms with van der Waals surface area (Å²) in [5.74, 6) is -1.05. The fourth-order valence-corrected chi connectivity index (χ4v) is 4.79. The highest BCUT2D eigenvalue weighted by Crippen LogP contribution is 2.41. The molecule has 0 spiro atoms. The molecule has 0 aliphatic rings. The van der Waals surface area contributed by atoms with Crippen LogP contribution in [0.2, 0.25) is 0 Å². The van der Waals surface area contributed by atoms with Crippen LogP contribution in [-0.2, 0) is 33.5 Å². The number of nitrogens with one attached hydrogen (secondary N) is 1. The van der Waals surface area contributed by atoms with Gasteiger partial charge in [0.25, 0.3) is 5.56 Å². The molecule has 2 aromatic carbocycles. The van der Waals surface area contributed by atoms with Gasteiger partial charge in [0.1, 0.15) is 18.8 Å². The Balaban J connectivity index is 1.24. The summed E-state index contributed by atoms with van der Waals surface area (Å²) in [6.45, 7) is 2.71. The van der Waals surface area contributed by atoms with Crippen molar-refractivity contribution >= 4 is 25.5 Å². The third-order valence-electron chi connectivity index (χ3n) is 5.75. The summed E-state index contributed by atoms with van der Waals surface area (Å²) in [5.41, 5.74) is 8.30. The number of aromatic amines is 1. The van der Waals surface area contributed by atoms with Gasteiger partial charge in [-0.2, -0.15) is 4.98 Å². The number of H-pyrrole nitrogens is 1. The molecule has 0 saturated heterocycles. The first-order valence-electron chi connectivity index (χ1n) is 12.1. The van der Waals surface area contributed by atoms with Gasteiger partial charge in [-0.25, -0.2) is 14.2 Å². The topological polar surface area (TPSA) is 161 Å². The maximum Gasteiger partial charge on any atom is 0.519 e. The summed E-state index contributed by atoms with van der Waals surface area (Å²) in [6, 6.07) is 13.3. The lowest BCUT2D eigenvalue weighted by molar-refractivity contribution is 0.136. The molecule has 0 aliphatic heterocycles. The molecule has 0 amide bonds. The van der Waals surface area contributed by atoms with Gasteiger partial charge in [0, 0.05) is 12.1 Å². The van der Waals surface area contributed by atoms with E-state index in [4.69, 9.17) is 28.4 Å². The van der Waals surface area contributed by atoms with Crippen molar-refractivity contribution in [2.24, 2.45) is 0 Å². The van der Waals surface area contributed by atoms with Crippen LogP contribution in [0.5, 0.6) is 0 Å². The molecule has 1 unspecified atom stereocenters. The van der Waals surface area contributed by atoms with E-state index in [1.54, 1.807) is 4.57 Å². The number of benzene rings is 2. The molecule has 0 fully saturated rings. The molecule has 1 atom stereocenters. The van der Waals surface area contributed by atoms with E-state index in [2.05, 4.69) is 15.0 Å². The molecule has 3 heterocycles. The van der Waals surface area contributed by atoms with Crippen LogP contribution < -0.4 is 17.1 Å². The highest BCUT2D eigenvalue weighted by atomic mass is 31.2. The van der Waals surface area contributed by atoms with E-state index in [9.17, 15) is 14.0 Å². The average molecular weight is 569 g/mol. The Bertz CT molecular complexity index is 1700. The van der Waals surface area contributed by atoms with Gasteiger partial charge in [-0.1, -0.05) is 29.8 Å². The zero-order valence-electron chi connectivity index (χ0n) is 21.3. The number of nitrogen functional groups attached to an aromatic ring is 1. The van der Waals surface area contributed by atoms with Crippen molar-refractivity contribution in [3.63, 3.8) is 0 Å². The Hall–Kier alpha value is -4.16. The second-order valence-corrected chi connectivity index (χ2v) is 10.1. The van der Waals surface area contributed by atoms with E-state index in [-0.39, 0.29) is 49.2 Å². The van der Waals surface area contributed by atoms with Crippen LogP contribution in [0, 0.1) is 12.7 Å². The van der Waals surface area contributed by atoms with Crippen molar-refractivity contribution < 1.29 is 27.0 Å². The Morgan fingerprint density at radius 1 is 1.05 bits per heavy atom. The van der Waals surface area contributed by atoms with Gasteiger partial charge in [-0.15, -0.1) is 0 Å². The van der Waals surface area contributed by atoms with Crippen LogP contribution in [0.25, 0.3) is 22.5 Å².